The molecule has 0 atom stereocenters. The van der Waals surface area contributed by atoms with Gasteiger partial charge in [0.2, 0.25) is 5.89 Å². The molecule has 0 amide bonds. The number of carbonyl (C=O) groups is 1. The number of carbonyl (C=O) groups excluding carboxylic acids is 1. The summed E-state index contributed by atoms with van der Waals surface area (Å²) in [5.74, 6) is 1.72. The molecule has 0 fully saturated rings. The zero-order valence-electron chi connectivity index (χ0n) is 16.7. The summed E-state index contributed by atoms with van der Waals surface area (Å²) in [6.45, 7) is 6.08. The average Bonchev–Trinajstić information content (AvgIpc) is 3.21. The second-order valence-electron chi connectivity index (χ2n) is 6.53. The number of nitrogens with zero attached hydrogens (tertiary/aromatic N) is 2. The van der Waals surface area contributed by atoms with Crippen molar-refractivity contribution < 1.29 is 18.7 Å². The van der Waals surface area contributed by atoms with E-state index in [1.54, 1.807) is 25.6 Å². The van der Waals surface area contributed by atoms with Gasteiger partial charge in [-0.3, -0.25) is 9.78 Å². The van der Waals surface area contributed by atoms with Gasteiger partial charge in [0.1, 0.15) is 12.0 Å². The third kappa shape index (κ3) is 5.10. The van der Waals surface area contributed by atoms with E-state index in [4.69, 9.17) is 13.9 Å². The number of ketones is 1. The Bertz CT molecular complexity index is 994. The molecule has 0 aliphatic rings. The van der Waals surface area contributed by atoms with Gasteiger partial charge in [-0.2, -0.15) is 0 Å². The molecule has 0 saturated heterocycles. The standard InChI is InChI=1S/C23H24N2O4/c1-4-5-13-28-21-14-17(8-11-20(21)27-3)23-25-18(15-29-23)9-10-19(26)22-16(2)7-6-12-24-22/h4,6-8,11-12,14-15H,1,5,9-10,13H2,2-3H3. The lowest BCUT2D eigenvalue weighted by molar-refractivity contribution is 0.0977. The van der Waals surface area contributed by atoms with E-state index >= 15 is 0 Å². The van der Waals surface area contributed by atoms with Crippen molar-refractivity contribution in [1.82, 2.24) is 9.97 Å². The van der Waals surface area contributed by atoms with Crippen LogP contribution in [0.15, 0.2) is 59.9 Å². The van der Waals surface area contributed by atoms with E-state index in [0.717, 1.165) is 17.5 Å². The average molecular weight is 392 g/mol. The fourth-order valence-electron chi connectivity index (χ4n) is 2.87. The molecule has 29 heavy (non-hydrogen) atoms. The first kappa shape index (κ1) is 20.3. The third-order valence-electron chi connectivity index (χ3n) is 4.42. The lowest BCUT2D eigenvalue weighted by Gasteiger charge is -2.10. The van der Waals surface area contributed by atoms with Gasteiger partial charge in [0, 0.05) is 24.6 Å². The maximum Gasteiger partial charge on any atom is 0.226 e. The molecular formula is C23H24N2O4. The van der Waals surface area contributed by atoms with Crippen molar-refractivity contribution in [3.63, 3.8) is 0 Å². The van der Waals surface area contributed by atoms with Crippen LogP contribution in [0.3, 0.4) is 0 Å². The minimum Gasteiger partial charge on any atom is -0.493 e. The molecular weight excluding hydrogens is 368 g/mol. The summed E-state index contributed by atoms with van der Waals surface area (Å²) in [6, 6.07) is 9.21. The SMILES string of the molecule is C=CCCOc1cc(-c2nc(CCC(=O)c3ncccc3C)co2)ccc1OC. The molecule has 6 nitrogen and oxygen atoms in total. The summed E-state index contributed by atoms with van der Waals surface area (Å²) in [7, 11) is 1.60. The molecule has 0 unspecified atom stereocenters. The molecule has 0 radical (unpaired) electrons. The van der Waals surface area contributed by atoms with Gasteiger partial charge in [0.15, 0.2) is 17.3 Å². The normalized spacial score (nSPS) is 10.6. The predicted octanol–water partition coefficient (Wildman–Crippen LogP) is 4.82. The number of ether oxygens (including phenoxy) is 2. The molecule has 150 valence electrons. The lowest BCUT2D eigenvalue weighted by Crippen LogP contribution is -2.06. The van der Waals surface area contributed by atoms with E-state index in [2.05, 4.69) is 16.5 Å². The largest absolute Gasteiger partial charge is 0.493 e. The maximum absolute atomic E-state index is 12.4. The molecule has 0 N–H and O–H groups in total. The quantitative estimate of drug-likeness (QED) is 0.280. The van der Waals surface area contributed by atoms with Crippen molar-refractivity contribution in [3.05, 3.63) is 72.4 Å². The molecule has 2 aromatic heterocycles. The number of methoxy groups -OCH3 is 1. The number of benzene rings is 1. The van der Waals surface area contributed by atoms with E-state index in [1.165, 1.54) is 0 Å². The molecule has 1 aromatic carbocycles. The van der Waals surface area contributed by atoms with Crippen LogP contribution in [0.25, 0.3) is 11.5 Å². The fourth-order valence-corrected chi connectivity index (χ4v) is 2.87. The van der Waals surface area contributed by atoms with Gasteiger partial charge in [-0.1, -0.05) is 12.1 Å². The van der Waals surface area contributed by atoms with Crippen LogP contribution in [0.1, 0.15) is 34.6 Å². The van der Waals surface area contributed by atoms with Crippen LogP contribution in [-0.4, -0.2) is 29.5 Å². The zero-order valence-corrected chi connectivity index (χ0v) is 16.7. The Balaban J connectivity index is 1.69. The smallest absolute Gasteiger partial charge is 0.226 e. The van der Waals surface area contributed by atoms with Crippen LogP contribution in [0.5, 0.6) is 11.5 Å². The van der Waals surface area contributed by atoms with Crippen molar-refractivity contribution in [1.29, 1.82) is 0 Å². The van der Waals surface area contributed by atoms with Crippen LogP contribution in [0.2, 0.25) is 0 Å². The number of aromatic nitrogens is 2. The topological polar surface area (TPSA) is 74.5 Å². The number of hydrogen-bond acceptors (Lipinski definition) is 6. The van der Waals surface area contributed by atoms with Crippen molar-refractivity contribution in [2.24, 2.45) is 0 Å². The van der Waals surface area contributed by atoms with Gasteiger partial charge in [0.25, 0.3) is 0 Å². The highest BCUT2D eigenvalue weighted by atomic mass is 16.5. The minimum absolute atomic E-state index is 0.00463. The highest BCUT2D eigenvalue weighted by Crippen LogP contribution is 2.32. The second kappa shape index (κ2) is 9.68. The summed E-state index contributed by atoms with van der Waals surface area (Å²) in [5, 5.41) is 0. The van der Waals surface area contributed by atoms with Gasteiger partial charge in [-0.15, -0.1) is 6.58 Å². The molecule has 0 aliphatic heterocycles. The minimum atomic E-state index is -0.00463. The van der Waals surface area contributed by atoms with E-state index in [1.807, 2.05) is 37.3 Å². The lowest BCUT2D eigenvalue weighted by atomic mass is 10.1. The van der Waals surface area contributed by atoms with Crippen LogP contribution in [0.4, 0.5) is 0 Å². The Labute approximate surface area is 170 Å². The number of hydrogen-bond donors (Lipinski definition) is 0. The monoisotopic (exact) mass is 392 g/mol. The summed E-state index contributed by atoms with van der Waals surface area (Å²) in [4.78, 5) is 21.1. The van der Waals surface area contributed by atoms with Crippen LogP contribution >= 0.6 is 0 Å². The highest BCUT2D eigenvalue weighted by Gasteiger charge is 2.14. The first-order chi connectivity index (χ1) is 14.1. The predicted molar refractivity (Wildman–Crippen MR) is 110 cm³/mol. The first-order valence-corrected chi connectivity index (χ1v) is 9.43. The Morgan fingerprint density at radius 3 is 2.90 bits per heavy atom. The third-order valence-corrected chi connectivity index (χ3v) is 4.42. The zero-order chi connectivity index (χ0) is 20.6. The van der Waals surface area contributed by atoms with Crippen LogP contribution < -0.4 is 9.47 Å². The van der Waals surface area contributed by atoms with Gasteiger partial charge < -0.3 is 13.9 Å². The first-order valence-electron chi connectivity index (χ1n) is 9.43. The van der Waals surface area contributed by atoms with E-state index in [-0.39, 0.29) is 5.78 Å². The number of rotatable bonds is 10. The summed E-state index contributed by atoms with van der Waals surface area (Å²) in [6.07, 6.45) is 6.55. The van der Waals surface area contributed by atoms with Crippen LogP contribution in [0, 0.1) is 6.92 Å². The van der Waals surface area contributed by atoms with Gasteiger partial charge in [0.05, 0.1) is 19.4 Å². The number of Topliss-reactive ketones (excluding diaryl/α,β-unsaturated/α-hetero) is 1. The summed E-state index contributed by atoms with van der Waals surface area (Å²) < 4.78 is 16.7. The van der Waals surface area contributed by atoms with Gasteiger partial charge in [-0.05, 0) is 43.2 Å². The Hall–Kier alpha value is -3.41. The van der Waals surface area contributed by atoms with Crippen molar-refractivity contribution in [2.45, 2.75) is 26.2 Å². The fraction of sp³-hybridized carbons (Fsp3) is 0.261. The number of aryl methyl sites for hydroxylation is 2. The molecule has 0 saturated carbocycles. The van der Waals surface area contributed by atoms with Gasteiger partial charge >= 0.3 is 0 Å². The van der Waals surface area contributed by atoms with Crippen molar-refractivity contribution in [3.8, 4) is 23.0 Å². The molecule has 6 heteroatoms. The molecule has 0 bridgehead atoms. The summed E-state index contributed by atoms with van der Waals surface area (Å²) in [5.41, 5.74) is 2.87. The van der Waals surface area contributed by atoms with E-state index in [0.29, 0.717) is 48.2 Å². The van der Waals surface area contributed by atoms with E-state index < -0.39 is 0 Å². The number of pyridine rings is 1. The van der Waals surface area contributed by atoms with Gasteiger partial charge in [-0.25, -0.2) is 4.98 Å². The Kier molecular flexibility index (Phi) is 6.79. The molecule has 0 aliphatic carbocycles. The Morgan fingerprint density at radius 2 is 2.14 bits per heavy atom. The van der Waals surface area contributed by atoms with Crippen molar-refractivity contribution in [2.75, 3.05) is 13.7 Å². The van der Waals surface area contributed by atoms with Crippen molar-refractivity contribution >= 4 is 5.78 Å². The second-order valence-corrected chi connectivity index (χ2v) is 6.53. The molecule has 3 aromatic rings. The molecule has 2 heterocycles. The highest BCUT2D eigenvalue weighted by molar-refractivity contribution is 5.95. The van der Waals surface area contributed by atoms with Crippen LogP contribution in [-0.2, 0) is 6.42 Å². The number of oxazole rings is 1. The maximum atomic E-state index is 12.4. The molecule has 3 rings (SSSR count). The molecule has 0 spiro atoms. The Morgan fingerprint density at radius 1 is 1.28 bits per heavy atom. The van der Waals surface area contributed by atoms with E-state index in [9.17, 15) is 4.79 Å². The summed E-state index contributed by atoms with van der Waals surface area (Å²) >= 11 is 0.